The maximum absolute atomic E-state index is 13.8. The van der Waals surface area contributed by atoms with Gasteiger partial charge in [-0.3, -0.25) is 4.79 Å². The van der Waals surface area contributed by atoms with Crippen LogP contribution in [0.15, 0.2) is 30.4 Å². The number of hydrogen-bond acceptors (Lipinski definition) is 9. The van der Waals surface area contributed by atoms with Crippen molar-refractivity contribution in [2.75, 3.05) is 19.8 Å². The van der Waals surface area contributed by atoms with Crippen molar-refractivity contribution < 1.29 is 52.3 Å². The highest BCUT2D eigenvalue weighted by Crippen LogP contribution is 2.42. The molecule has 11 heteroatoms. The molecule has 0 spiro atoms. The molecule has 3 rings (SSSR count). The molecular weight excluding hydrogens is 590 g/mol. The second-order valence-corrected chi connectivity index (χ2v) is 11.5. The number of fused-ring (bicyclic) bond motifs is 1. The molecular formula is C34H42F2O9. The molecule has 2 N–H and O–H groups in total. The second kappa shape index (κ2) is 18.4. The third-order valence-electron chi connectivity index (χ3n) is 8.01. The van der Waals surface area contributed by atoms with E-state index in [0.29, 0.717) is 32.3 Å². The highest BCUT2D eigenvalue weighted by atomic mass is 19.1. The fourth-order valence-electron chi connectivity index (χ4n) is 5.70. The first-order valence-corrected chi connectivity index (χ1v) is 15.2. The van der Waals surface area contributed by atoms with Crippen LogP contribution >= 0.6 is 0 Å². The van der Waals surface area contributed by atoms with Crippen molar-refractivity contribution in [1.29, 1.82) is 0 Å². The number of esters is 1. The van der Waals surface area contributed by atoms with Gasteiger partial charge >= 0.3 is 12.1 Å². The van der Waals surface area contributed by atoms with Crippen LogP contribution in [0.2, 0.25) is 0 Å². The molecule has 0 radical (unpaired) electrons. The summed E-state index contributed by atoms with van der Waals surface area (Å²) in [5.41, 5.74) is 0. The number of ether oxygens (including phenoxy) is 5. The van der Waals surface area contributed by atoms with Crippen molar-refractivity contribution >= 4 is 12.1 Å². The van der Waals surface area contributed by atoms with Crippen LogP contribution in [-0.2, 0) is 23.7 Å². The summed E-state index contributed by atoms with van der Waals surface area (Å²) >= 11 is 0. The number of terminal acetylenes is 2. The van der Waals surface area contributed by atoms with E-state index in [0.717, 1.165) is 37.5 Å². The lowest BCUT2D eigenvalue weighted by atomic mass is 9.86. The molecule has 246 valence electrons. The minimum absolute atomic E-state index is 0.00626. The largest absolute Gasteiger partial charge is 0.511 e. The molecule has 1 heterocycles. The number of halogens is 2. The van der Waals surface area contributed by atoms with Gasteiger partial charge in [0.25, 0.3) is 0 Å². The maximum atomic E-state index is 13.8. The highest BCUT2D eigenvalue weighted by molar-refractivity contribution is 5.69. The molecule has 1 saturated carbocycles. The van der Waals surface area contributed by atoms with Crippen LogP contribution in [0.4, 0.5) is 13.6 Å². The normalized spacial score (nSPS) is 24.1. The van der Waals surface area contributed by atoms with Crippen LogP contribution < -0.4 is 4.74 Å². The van der Waals surface area contributed by atoms with Crippen molar-refractivity contribution in [3.8, 4) is 30.4 Å². The van der Waals surface area contributed by atoms with Crippen molar-refractivity contribution in [2.45, 2.75) is 82.9 Å². The average Bonchev–Trinajstić information content (AvgIpc) is 3.15. The van der Waals surface area contributed by atoms with Gasteiger partial charge < -0.3 is 33.9 Å². The van der Waals surface area contributed by atoms with E-state index in [1.54, 1.807) is 6.08 Å². The highest BCUT2D eigenvalue weighted by Gasteiger charge is 2.43. The predicted octanol–water partition coefficient (Wildman–Crippen LogP) is 4.93. The molecule has 0 bridgehead atoms. The monoisotopic (exact) mass is 632 g/mol. The van der Waals surface area contributed by atoms with Crippen molar-refractivity contribution in [3.63, 3.8) is 0 Å². The molecule has 1 aromatic carbocycles. The molecule has 45 heavy (non-hydrogen) atoms. The number of aliphatic hydroxyl groups excluding tert-OH is 2. The molecule has 1 aliphatic heterocycles. The summed E-state index contributed by atoms with van der Waals surface area (Å²) in [6.45, 7) is 1.66. The Kier molecular flexibility index (Phi) is 14.6. The first-order valence-electron chi connectivity index (χ1n) is 15.2. The van der Waals surface area contributed by atoms with Gasteiger partial charge in [-0.2, -0.15) is 0 Å². The minimum Gasteiger partial charge on any atom is -0.487 e. The Morgan fingerprint density at radius 2 is 1.91 bits per heavy atom. The lowest BCUT2D eigenvalue weighted by molar-refractivity contribution is -0.168. The van der Waals surface area contributed by atoms with Crippen LogP contribution in [0.1, 0.15) is 58.3 Å². The van der Waals surface area contributed by atoms with Gasteiger partial charge in [0, 0.05) is 57.1 Å². The van der Waals surface area contributed by atoms with Crippen LogP contribution in [0.3, 0.4) is 0 Å². The molecule has 0 aromatic heterocycles. The molecule has 2 aliphatic rings. The predicted molar refractivity (Wildman–Crippen MR) is 159 cm³/mol. The smallest absolute Gasteiger partial charge is 0.487 e. The Hall–Kier alpha value is -3.64. The standard InChI is InChI=1S/C34H42F2O9/c1-4-7-23(8-5-2)20-43-34(40)45-22(3)44-33(39)10-6-9-24-11-14-28-27(30(38)18-31(28)41-19-24)15-13-26(37)21-42-32-17-25(35)12-16-29(32)36/h1-2,12-13,15-17,22-24,26-28,30-31,37-38H,6-11,14,18-21H2,3H3/b15-13+/t22?,24-,26+,27+,28+,30+,31-/m0/s1. The molecule has 0 amide bonds. The Morgan fingerprint density at radius 1 is 1.16 bits per heavy atom. The van der Waals surface area contributed by atoms with Gasteiger partial charge in [-0.15, -0.1) is 24.7 Å². The Bertz CT molecular complexity index is 1210. The number of rotatable bonds is 15. The zero-order valence-corrected chi connectivity index (χ0v) is 25.4. The summed E-state index contributed by atoms with van der Waals surface area (Å²) in [7, 11) is 0. The third-order valence-corrected chi connectivity index (χ3v) is 8.01. The van der Waals surface area contributed by atoms with Crippen LogP contribution in [0.5, 0.6) is 5.75 Å². The quantitative estimate of drug-likeness (QED) is 0.120. The summed E-state index contributed by atoms with van der Waals surface area (Å²) in [6.07, 6.45) is 14.1. The zero-order chi connectivity index (χ0) is 32.8. The second-order valence-electron chi connectivity index (χ2n) is 11.5. The van der Waals surface area contributed by atoms with E-state index in [4.69, 9.17) is 36.5 Å². The number of aliphatic hydroxyl groups is 2. The van der Waals surface area contributed by atoms with E-state index >= 15 is 0 Å². The maximum Gasteiger partial charge on any atom is 0.511 e. The van der Waals surface area contributed by atoms with Gasteiger partial charge in [-0.25, -0.2) is 13.6 Å². The molecule has 9 nitrogen and oxygen atoms in total. The van der Waals surface area contributed by atoms with Crippen molar-refractivity contribution in [1.82, 2.24) is 0 Å². The first-order chi connectivity index (χ1) is 21.6. The molecule has 1 unspecified atom stereocenters. The van der Waals surface area contributed by atoms with Crippen LogP contribution in [0.25, 0.3) is 0 Å². The fraction of sp³-hybridized carbons (Fsp3) is 0.588. The van der Waals surface area contributed by atoms with E-state index < -0.39 is 42.3 Å². The van der Waals surface area contributed by atoms with E-state index in [9.17, 15) is 28.6 Å². The number of carbonyl (C=O) groups is 2. The van der Waals surface area contributed by atoms with Crippen LogP contribution in [0, 0.1) is 60.0 Å². The van der Waals surface area contributed by atoms with Crippen molar-refractivity contribution in [3.05, 3.63) is 42.0 Å². The molecule has 1 aromatic rings. The lowest BCUT2D eigenvalue weighted by Crippen LogP contribution is -2.24. The molecule has 1 saturated heterocycles. The van der Waals surface area contributed by atoms with E-state index in [2.05, 4.69) is 11.8 Å². The summed E-state index contributed by atoms with van der Waals surface area (Å²) < 4.78 is 53.6. The summed E-state index contributed by atoms with van der Waals surface area (Å²) in [5.74, 6) is 2.63. The number of benzene rings is 1. The van der Waals surface area contributed by atoms with Gasteiger partial charge in [0.2, 0.25) is 6.29 Å². The third kappa shape index (κ3) is 12.0. The molecule has 2 fully saturated rings. The van der Waals surface area contributed by atoms with Gasteiger partial charge in [0.05, 0.1) is 18.8 Å². The summed E-state index contributed by atoms with van der Waals surface area (Å²) in [6, 6.07) is 2.84. The van der Waals surface area contributed by atoms with Crippen molar-refractivity contribution in [2.24, 2.45) is 23.7 Å². The minimum atomic E-state index is -1.12. The van der Waals surface area contributed by atoms with Gasteiger partial charge in [-0.05, 0) is 49.7 Å². The van der Waals surface area contributed by atoms with Gasteiger partial charge in [0.15, 0.2) is 11.6 Å². The Labute approximate surface area is 263 Å². The lowest BCUT2D eigenvalue weighted by Gasteiger charge is -2.21. The molecule has 7 atom stereocenters. The number of hydrogen-bond donors (Lipinski definition) is 2. The van der Waals surface area contributed by atoms with Crippen LogP contribution in [-0.4, -0.2) is 66.8 Å². The average molecular weight is 633 g/mol. The van der Waals surface area contributed by atoms with E-state index in [1.807, 2.05) is 0 Å². The van der Waals surface area contributed by atoms with E-state index in [-0.39, 0.29) is 55.2 Å². The Balaban J connectivity index is 1.36. The summed E-state index contributed by atoms with van der Waals surface area (Å²) in [5, 5.41) is 21.0. The van der Waals surface area contributed by atoms with Gasteiger partial charge in [0.1, 0.15) is 18.5 Å². The summed E-state index contributed by atoms with van der Waals surface area (Å²) in [4.78, 5) is 24.2. The van der Waals surface area contributed by atoms with Gasteiger partial charge in [-0.1, -0.05) is 12.2 Å². The SMILES string of the molecule is C#CCC(CC#C)COC(=O)OC(C)OC(=O)CCC[C@H]1CC[C@@H]2[C@@H](/C=C/[C@@H](O)COc3cc(F)ccc3F)[C@H](O)C[C@@H]2OC1. The Morgan fingerprint density at radius 3 is 2.64 bits per heavy atom. The first kappa shape index (κ1) is 35.8. The topological polar surface area (TPSA) is 121 Å². The van der Waals surface area contributed by atoms with E-state index in [1.165, 1.54) is 13.0 Å². The fourth-order valence-corrected chi connectivity index (χ4v) is 5.70. The zero-order valence-electron chi connectivity index (χ0n) is 25.4. The number of carbonyl (C=O) groups excluding carboxylic acids is 2. The molecule has 1 aliphatic carbocycles.